The zero-order chi connectivity index (χ0) is 16.2. The van der Waals surface area contributed by atoms with Crippen LogP contribution >= 0.6 is 0 Å². The number of nitrogen functional groups attached to an aromatic ring is 1. The molecule has 23 heavy (non-hydrogen) atoms. The summed E-state index contributed by atoms with van der Waals surface area (Å²) in [5.41, 5.74) is 6.70. The number of hydrogen-bond acceptors (Lipinski definition) is 7. The summed E-state index contributed by atoms with van der Waals surface area (Å²) in [5.74, 6) is 2.21. The van der Waals surface area contributed by atoms with Crippen LogP contribution < -0.4 is 20.3 Å². The highest BCUT2D eigenvalue weighted by atomic mass is 16.5. The molecule has 122 valence electrons. The van der Waals surface area contributed by atoms with E-state index in [4.69, 9.17) is 10.5 Å². The summed E-state index contributed by atoms with van der Waals surface area (Å²) >= 11 is 0. The molecular weight excluding hydrogens is 292 g/mol. The molecule has 1 fully saturated rings. The lowest BCUT2D eigenvalue weighted by Gasteiger charge is -2.36. The van der Waals surface area contributed by atoms with Crippen LogP contribution in [0.25, 0.3) is 0 Å². The van der Waals surface area contributed by atoms with E-state index in [9.17, 15) is 0 Å². The lowest BCUT2D eigenvalue weighted by Crippen LogP contribution is -2.47. The van der Waals surface area contributed by atoms with Gasteiger partial charge in [0.15, 0.2) is 5.82 Å². The first-order valence-electron chi connectivity index (χ1n) is 7.83. The summed E-state index contributed by atoms with van der Waals surface area (Å²) in [7, 11) is 0. The fourth-order valence-electron chi connectivity index (χ4n) is 2.63. The number of nitrogens with zero attached hydrogens (tertiary/aromatic N) is 5. The van der Waals surface area contributed by atoms with Crippen molar-refractivity contribution in [2.75, 3.05) is 41.7 Å². The molecule has 7 nitrogen and oxygen atoms in total. The average molecular weight is 314 g/mol. The van der Waals surface area contributed by atoms with Gasteiger partial charge in [0, 0.05) is 32.4 Å². The van der Waals surface area contributed by atoms with E-state index in [1.54, 1.807) is 0 Å². The first-order chi connectivity index (χ1) is 11.1. The molecule has 3 rings (SSSR count). The van der Waals surface area contributed by atoms with E-state index in [1.165, 1.54) is 6.33 Å². The molecule has 7 heteroatoms. The molecule has 2 aromatic rings. The largest absolute Gasteiger partial charge is 0.473 e. The highest BCUT2D eigenvalue weighted by Gasteiger charge is 2.22. The highest BCUT2D eigenvalue weighted by molar-refractivity contribution is 5.68. The Hall–Kier alpha value is -2.57. The highest BCUT2D eigenvalue weighted by Crippen LogP contribution is 2.29. The summed E-state index contributed by atoms with van der Waals surface area (Å²) in [6, 6.07) is 5.97. The molecule has 0 saturated carbocycles. The van der Waals surface area contributed by atoms with E-state index < -0.39 is 0 Å². The Bertz CT molecular complexity index is 640. The second-order valence-corrected chi connectivity index (χ2v) is 5.74. The number of nitrogens with two attached hydrogens (primary N) is 1. The van der Waals surface area contributed by atoms with Crippen LogP contribution in [-0.4, -0.2) is 47.2 Å². The molecule has 1 saturated heterocycles. The lowest BCUT2D eigenvalue weighted by atomic mass is 10.3. The van der Waals surface area contributed by atoms with Crippen molar-refractivity contribution < 1.29 is 4.74 Å². The summed E-state index contributed by atoms with van der Waals surface area (Å²) in [6.07, 6.45) is 3.36. The molecule has 2 N–H and O–H groups in total. The Kier molecular flexibility index (Phi) is 4.45. The minimum atomic E-state index is 0.0288. The molecule has 0 amide bonds. The second-order valence-electron chi connectivity index (χ2n) is 5.74. The zero-order valence-electron chi connectivity index (χ0n) is 13.5. The van der Waals surface area contributed by atoms with Crippen molar-refractivity contribution in [3.63, 3.8) is 0 Å². The van der Waals surface area contributed by atoms with Crippen LogP contribution in [0.3, 0.4) is 0 Å². The number of aromatic nitrogens is 3. The molecule has 3 heterocycles. The van der Waals surface area contributed by atoms with Crippen molar-refractivity contribution in [3.8, 4) is 5.88 Å². The van der Waals surface area contributed by atoms with E-state index in [0.717, 1.165) is 37.8 Å². The molecule has 0 spiro atoms. The average Bonchev–Trinajstić information content (AvgIpc) is 2.57. The minimum Gasteiger partial charge on any atom is -0.473 e. The van der Waals surface area contributed by atoms with Crippen molar-refractivity contribution in [2.45, 2.75) is 20.0 Å². The number of rotatable bonds is 4. The zero-order valence-corrected chi connectivity index (χ0v) is 13.5. The molecule has 0 aromatic carbocycles. The van der Waals surface area contributed by atoms with E-state index >= 15 is 0 Å². The van der Waals surface area contributed by atoms with E-state index in [0.29, 0.717) is 11.6 Å². The van der Waals surface area contributed by atoms with Gasteiger partial charge in [-0.25, -0.2) is 9.97 Å². The van der Waals surface area contributed by atoms with Crippen LogP contribution in [-0.2, 0) is 0 Å². The molecule has 1 aliphatic heterocycles. The summed E-state index contributed by atoms with van der Waals surface area (Å²) in [5, 5.41) is 0. The molecule has 0 atom stereocenters. The quantitative estimate of drug-likeness (QED) is 0.917. The second kappa shape index (κ2) is 6.68. The smallest absolute Gasteiger partial charge is 0.242 e. The van der Waals surface area contributed by atoms with E-state index in [-0.39, 0.29) is 6.10 Å². The van der Waals surface area contributed by atoms with Crippen LogP contribution in [0.5, 0.6) is 5.88 Å². The normalized spacial score (nSPS) is 15.1. The van der Waals surface area contributed by atoms with Crippen molar-refractivity contribution in [3.05, 3.63) is 30.7 Å². The van der Waals surface area contributed by atoms with Crippen molar-refractivity contribution >= 4 is 17.3 Å². The number of hydrogen-bond donors (Lipinski definition) is 1. The van der Waals surface area contributed by atoms with Gasteiger partial charge >= 0.3 is 0 Å². The van der Waals surface area contributed by atoms with Crippen molar-refractivity contribution in [1.82, 2.24) is 15.0 Å². The SMILES string of the molecule is CC(C)Oc1ncnc(N2CCN(c3ccccn3)CC2)c1N. The summed E-state index contributed by atoms with van der Waals surface area (Å²) in [6.45, 7) is 7.32. The predicted molar refractivity (Wildman–Crippen MR) is 90.9 cm³/mol. The van der Waals surface area contributed by atoms with Gasteiger partial charge in [-0.2, -0.15) is 4.98 Å². The Morgan fingerprint density at radius 3 is 2.43 bits per heavy atom. The number of piperazine rings is 1. The fraction of sp³-hybridized carbons (Fsp3) is 0.438. The number of anilines is 3. The molecule has 2 aromatic heterocycles. The Labute approximate surface area is 136 Å². The van der Waals surface area contributed by atoms with E-state index in [2.05, 4.69) is 24.8 Å². The first-order valence-corrected chi connectivity index (χ1v) is 7.83. The van der Waals surface area contributed by atoms with Gasteiger partial charge in [-0.3, -0.25) is 0 Å². The van der Waals surface area contributed by atoms with Crippen LogP contribution in [0.15, 0.2) is 30.7 Å². The first kappa shape index (κ1) is 15.3. The molecule has 0 bridgehead atoms. The van der Waals surface area contributed by atoms with Crippen molar-refractivity contribution in [1.29, 1.82) is 0 Å². The maximum absolute atomic E-state index is 6.19. The van der Waals surface area contributed by atoms with Crippen LogP contribution in [0.2, 0.25) is 0 Å². The molecule has 0 radical (unpaired) electrons. The van der Waals surface area contributed by atoms with Gasteiger partial charge < -0.3 is 20.3 Å². The summed E-state index contributed by atoms with van der Waals surface area (Å²) < 4.78 is 5.64. The fourth-order valence-corrected chi connectivity index (χ4v) is 2.63. The third kappa shape index (κ3) is 3.44. The summed E-state index contributed by atoms with van der Waals surface area (Å²) in [4.78, 5) is 17.3. The van der Waals surface area contributed by atoms with Crippen molar-refractivity contribution in [2.24, 2.45) is 0 Å². The van der Waals surface area contributed by atoms with Gasteiger partial charge in [0.25, 0.3) is 0 Å². The van der Waals surface area contributed by atoms with Gasteiger partial charge in [-0.1, -0.05) is 6.07 Å². The standard InChI is InChI=1S/C16H22N6O/c1-12(2)23-16-14(17)15(19-11-20-16)22-9-7-21(8-10-22)13-5-3-4-6-18-13/h3-6,11-12H,7-10,17H2,1-2H3. The van der Waals surface area contributed by atoms with Crippen LogP contribution in [0.1, 0.15) is 13.8 Å². The molecular formula is C16H22N6O. The van der Waals surface area contributed by atoms with Gasteiger partial charge in [0.05, 0.1) is 6.10 Å². The topological polar surface area (TPSA) is 80.4 Å². The lowest BCUT2D eigenvalue weighted by molar-refractivity contribution is 0.234. The molecule has 1 aliphatic rings. The molecule has 0 aliphatic carbocycles. The third-order valence-corrected chi connectivity index (χ3v) is 3.73. The predicted octanol–water partition coefficient (Wildman–Crippen LogP) is 1.57. The van der Waals surface area contributed by atoms with Gasteiger partial charge in [-0.15, -0.1) is 0 Å². The van der Waals surface area contributed by atoms with E-state index in [1.807, 2.05) is 38.2 Å². The minimum absolute atomic E-state index is 0.0288. The maximum atomic E-state index is 6.19. The Balaban J connectivity index is 1.70. The maximum Gasteiger partial charge on any atom is 0.242 e. The third-order valence-electron chi connectivity index (χ3n) is 3.73. The van der Waals surface area contributed by atoms with Crippen LogP contribution in [0.4, 0.5) is 17.3 Å². The Morgan fingerprint density at radius 1 is 1.04 bits per heavy atom. The number of pyridine rings is 1. The van der Waals surface area contributed by atoms with Crippen LogP contribution in [0, 0.1) is 0 Å². The van der Waals surface area contributed by atoms with Gasteiger partial charge in [0.1, 0.15) is 17.8 Å². The number of ether oxygens (including phenoxy) is 1. The monoisotopic (exact) mass is 314 g/mol. The molecule has 0 unspecified atom stereocenters. The van der Waals surface area contributed by atoms with Gasteiger partial charge in [0.2, 0.25) is 5.88 Å². The van der Waals surface area contributed by atoms with Gasteiger partial charge in [-0.05, 0) is 26.0 Å². The Morgan fingerprint density at radius 2 is 1.78 bits per heavy atom.